The zero-order valence-corrected chi connectivity index (χ0v) is 17.7. The molecule has 0 atom stereocenters. The number of hydrogen-bond donors (Lipinski definition) is 3. The molecule has 0 spiro atoms. The smallest absolute Gasteiger partial charge is 0.153 e. The summed E-state index contributed by atoms with van der Waals surface area (Å²) in [6, 6.07) is 28.5. The van der Waals surface area contributed by atoms with Crippen LogP contribution in [-0.4, -0.2) is 20.2 Å². The second kappa shape index (κ2) is 7.84. The van der Waals surface area contributed by atoms with Crippen LogP contribution in [0, 0.1) is 0 Å². The Morgan fingerprint density at radius 3 is 2.64 bits per heavy atom. The van der Waals surface area contributed by atoms with Crippen molar-refractivity contribution >= 4 is 27.8 Å². The third-order valence-electron chi connectivity index (χ3n) is 5.83. The number of nitrogens with two attached hydrogens (primary N) is 1. The molecule has 6 rings (SSSR count). The van der Waals surface area contributed by atoms with Crippen LogP contribution in [0.5, 0.6) is 5.75 Å². The van der Waals surface area contributed by atoms with Crippen LogP contribution in [0.25, 0.3) is 44.3 Å². The molecule has 0 radical (unpaired) electrons. The number of rotatable bonds is 5. The zero-order chi connectivity index (χ0) is 22.2. The second-order valence-corrected chi connectivity index (χ2v) is 7.98. The fraction of sp³-hybridized carbons (Fsp3) is 0.0370. The Morgan fingerprint density at radius 2 is 1.73 bits per heavy atom. The molecule has 0 aliphatic heterocycles. The van der Waals surface area contributed by atoms with Crippen LogP contribution in [0.2, 0.25) is 0 Å². The molecule has 3 heterocycles. The maximum Gasteiger partial charge on any atom is 0.153 e. The zero-order valence-electron chi connectivity index (χ0n) is 17.7. The number of nitrogens with one attached hydrogen (secondary N) is 2. The molecule has 6 aromatic rings. The van der Waals surface area contributed by atoms with Gasteiger partial charge in [-0.2, -0.15) is 5.10 Å². The molecule has 3 aromatic heterocycles. The van der Waals surface area contributed by atoms with Gasteiger partial charge in [0.05, 0.1) is 5.52 Å². The summed E-state index contributed by atoms with van der Waals surface area (Å²) in [5.74, 6) is 1.32. The number of hydrogen-bond acceptors (Lipinski definition) is 4. The first-order chi connectivity index (χ1) is 16.2. The van der Waals surface area contributed by atoms with E-state index in [1.807, 2.05) is 54.7 Å². The van der Waals surface area contributed by atoms with E-state index in [4.69, 9.17) is 10.5 Å². The Kier molecular flexibility index (Phi) is 4.54. The Labute approximate surface area is 190 Å². The molecule has 6 heteroatoms. The summed E-state index contributed by atoms with van der Waals surface area (Å²) in [4.78, 5) is 8.01. The lowest BCUT2D eigenvalue weighted by molar-refractivity contribution is 0.306. The highest BCUT2D eigenvalue weighted by molar-refractivity contribution is 5.99. The number of aromatic amines is 2. The minimum atomic E-state index is 0.499. The molecule has 6 nitrogen and oxygen atoms in total. The molecule has 0 fully saturated rings. The van der Waals surface area contributed by atoms with Gasteiger partial charge < -0.3 is 15.5 Å². The number of nitrogen functional groups attached to an aromatic ring is 1. The lowest BCUT2D eigenvalue weighted by Crippen LogP contribution is -1.95. The highest BCUT2D eigenvalue weighted by Gasteiger charge is 2.12. The minimum Gasteiger partial charge on any atom is -0.489 e. The summed E-state index contributed by atoms with van der Waals surface area (Å²) in [6.45, 7) is 0.530. The number of ether oxygens (including phenoxy) is 1. The number of fused-ring (bicyclic) bond motifs is 2. The van der Waals surface area contributed by atoms with E-state index in [0.717, 1.165) is 55.6 Å². The van der Waals surface area contributed by atoms with Gasteiger partial charge in [0.2, 0.25) is 0 Å². The molecule has 3 aromatic carbocycles. The first-order valence-corrected chi connectivity index (χ1v) is 10.7. The van der Waals surface area contributed by atoms with E-state index in [1.165, 1.54) is 0 Å². The van der Waals surface area contributed by atoms with Gasteiger partial charge in [0, 0.05) is 28.2 Å². The maximum absolute atomic E-state index is 6.02. The van der Waals surface area contributed by atoms with Gasteiger partial charge in [-0.25, -0.2) is 4.98 Å². The molecule has 160 valence electrons. The van der Waals surface area contributed by atoms with Crippen molar-refractivity contribution in [3.05, 3.63) is 96.7 Å². The average Bonchev–Trinajstić information content (AvgIpc) is 3.47. The number of nitrogens with zero attached hydrogens (tertiary/aromatic N) is 2. The summed E-state index contributed by atoms with van der Waals surface area (Å²) < 4.78 is 6.02. The lowest BCUT2D eigenvalue weighted by Gasteiger charge is -2.07. The topological polar surface area (TPSA) is 92.6 Å². The quantitative estimate of drug-likeness (QED) is 0.315. The summed E-state index contributed by atoms with van der Waals surface area (Å²) in [7, 11) is 0. The van der Waals surface area contributed by atoms with Crippen molar-refractivity contribution < 1.29 is 4.74 Å². The molecule has 0 saturated heterocycles. The molecule has 0 unspecified atom stereocenters. The molecule has 4 N–H and O–H groups in total. The second-order valence-electron chi connectivity index (χ2n) is 7.98. The predicted molar refractivity (Wildman–Crippen MR) is 132 cm³/mol. The largest absolute Gasteiger partial charge is 0.489 e. The van der Waals surface area contributed by atoms with Gasteiger partial charge in [0.15, 0.2) is 5.82 Å². The monoisotopic (exact) mass is 431 g/mol. The number of aromatic nitrogens is 4. The first-order valence-electron chi connectivity index (χ1n) is 10.7. The normalized spacial score (nSPS) is 11.3. The summed E-state index contributed by atoms with van der Waals surface area (Å²) in [5.41, 5.74) is 13.1. The van der Waals surface area contributed by atoms with Gasteiger partial charge in [-0.1, -0.05) is 48.5 Å². The number of pyridine rings is 1. The van der Waals surface area contributed by atoms with Crippen molar-refractivity contribution in [1.29, 1.82) is 0 Å². The molecule has 0 saturated carbocycles. The molecule has 0 bridgehead atoms. The summed E-state index contributed by atoms with van der Waals surface area (Å²) in [6.07, 6.45) is 1.82. The third kappa shape index (κ3) is 3.57. The molecular formula is C27H21N5O. The van der Waals surface area contributed by atoms with Gasteiger partial charge in [-0.05, 0) is 53.1 Å². The van der Waals surface area contributed by atoms with Crippen molar-refractivity contribution in [2.24, 2.45) is 0 Å². The Balaban J connectivity index is 1.35. The maximum atomic E-state index is 6.02. The molecular weight excluding hydrogens is 410 g/mol. The van der Waals surface area contributed by atoms with E-state index >= 15 is 0 Å². The Morgan fingerprint density at radius 1 is 0.818 bits per heavy atom. The number of anilines is 1. The van der Waals surface area contributed by atoms with E-state index < -0.39 is 0 Å². The highest BCUT2D eigenvalue weighted by atomic mass is 16.5. The molecule has 0 amide bonds. The van der Waals surface area contributed by atoms with E-state index in [9.17, 15) is 0 Å². The van der Waals surface area contributed by atoms with E-state index in [2.05, 4.69) is 56.6 Å². The van der Waals surface area contributed by atoms with Crippen LogP contribution in [0.15, 0.2) is 91.1 Å². The third-order valence-corrected chi connectivity index (χ3v) is 5.83. The van der Waals surface area contributed by atoms with Crippen LogP contribution in [0.1, 0.15) is 5.56 Å². The summed E-state index contributed by atoms with van der Waals surface area (Å²) >= 11 is 0. The fourth-order valence-electron chi connectivity index (χ4n) is 4.13. The van der Waals surface area contributed by atoms with Crippen molar-refractivity contribution in [3.8, 4) is 28.1 Å². The van der Waals surface area contributed by atoms with Gasteiger partial charge in [-0.15, -0.1) is 0 Å². The van der Waals surface area contributed by atoms with Gasteiger partial charge in [-0.3, -0.25) is 5.10 Å². The highest BCUT2D eigenvalue weighted by Crippen LogP contribution is 2.34. The average molecular weight is 431 g/mol. The SMILES string of the molecule is Nc1n[nH]c2ccc(-c3ccnc4[nH]c(-c5cccc(OCc6ccccc6)c5)cc34)cc12. The van der Waals surface area contributed by atoms with Crippen LogP contribution in [-0.2, 0) is 6.61 Å². The van der Waals surface area contributed by atoms with Crippen LogP contribution in [0.3, 0.4) is 0 Å². The van der Waals surface area contributed by atoms with Crippen molar-refractivity contribution in [1.82, 2.24) is 20.2 Å². The molecule has 0 aliphatic carbocycles. The van der Waals surface area contributed by atoms with Crippen molar-refractivity contribution in [2.75, 3.05) is 5.73 Å². The van der Waals surface area contributed by atoms with Crippen LogP contribution < -0.4 is 10.5 Å². The van der Waals surface area contributed by atoms with Crippen LogP contribution in [0.4, 0.5) is 5.82 Å². The summed E-state index contributed by atoms with van der Waals surface area (Å²) in [5, 5.41) is 9.01. The fourth-order valence-corrected chi connectivity index (χ4v) is 4.13. The molecule has 33 heavy (non-hydrogen) atoms. The van der Waals surface area contributed by atoms with Gasteiger partial charge in [0.1, 0.15) is 18.0 Å². The van der Waals surface area contributed by atoms with E-state index in [0.29, 0.717) is 12.4 Å². The predicted octanol–water partition coefficient (Wildman–Crippen LogP) is 5.93. The lowest BCUT2D eigenvalue weighted by atomic mass is 10.0. The number of H-pyrrole nitrogens is 2. The van der Waals surface area contributed by atoms with E-state index in [1.54, 1.807) is 0 Å². The first kappa shape index (κ1) is 19.1. The number of benzene rings is 3. The standard InChI is InChI=1S/C27H21N5O/c28-26-23-14-18(9-10-24(23)31-32-26)21-11-12-29-27-22(21)15-25(30-27)19-7-4-8-20(13-19)33-16-17-5-2-1-3-6-17/h1-15H,16H2,(H,29,30)(H3,28,31,32). The minimum absolute atomic E-state index is 0.499. The van der Waals surface area contributed by atoms with Crippen molar-refractivity contribution in [2.45, 2.75) is 6.61 Å². The Bertz CT molecular complexity index is 1580. The Hall–Kier alpha value is -4.58. The van der Waals surface area contributed by atoms with Gasteiger partial charge in [0.25, 0.3) is 0 Å². The van der Waals surface area contributed by atoms with E-state index in [-0.39, 0.29) is 0 Å². The molecule has 0 aliphatic rings. The van der Waals surface area contributed by atoms with Crippen LogP contribution >= 0.6 is 0 Å². The van der Waals surface area contributed by atoms with Gasteiger partial charge >= 0.3 is 0 Å². The van der Waals surface area contributed by atoms with Crippen molar-refractivity contribution in [3.63, 3.8) is 0 Å².